The van der Waals surface area contributed by atoms with Crippen LogP contribution >= 0.6 is 12.2 Å². The molecule has 4 aromatic carbocycles. The monoisotopic (exact) mass is 356 g/mol. The third kappa shape index (κ3) is 3.27. The summed E-state index contributed by atoms with van der Waals surface area (Å²) in [6, 6.07) is 27.3. The number of urea groups is 1. The Morgan fingerprint density at radius 2 is 1.42 bits per heavy atom. The second-order valence-electron chi connectivity index (χ2n) is 6.00. The average Bonchev–Trinajstić information content (AvgIpc) is 2.67. The Bertz CT molecular complexity index is 1130. The van der Waals surface area contributed by atoms with Crippen molar-refractivity contribution in [1.29, 1.82) is 0 Å². The predicted octanol–water partition coefficient (Wildman–Crippen LogP) is 5.49. The maximum atomic E-state index is 12.4. The summed E-state index contributed by atoms with van der Waals surface area (Å²) in [5, 5.41) is 9.92. The normalized spacial score (nSPS) is 10.6. The molecule has 4 heteroatoms. The van der Waals surface area contributed by atoms with Crippen LogP contribution in [0.25, 0.3) is 21.5 Å². The summed E-state index contributed by atoms with van der Waals surface area (Å²) in [6.07, 6.45) is 0. The zero-order valence-electron chi connectivity index (χ0n) is 13.9. The molecule has 0 heterocycles. The van der Waals surface area contributed by atoms with Gasteiger partial charge < -0.3 is 5.32 Å². The largest absolute Gasteiger partial charge is 0.324 e. The smallest absolute Gasteiger partial charge is 0.308 e. The van der Waals surface area contributed by atoms with E-state index >= 15 is 0 Å². The highest BCUT2D eigenvalue weighted by Gasteiger charge is 2.10. The number of hydrogen-bond donors (Lipinski definition) is 2. The number of amides is 2. The molecule has 4 rings (SSSR count). The van der Waals surface area contributed by atoms with Crippen LogP contribution < -0.4 is 10.6 Å². The highest BCUT2D eigenvalue weighted by molar-refractivity contribution is 7.80. The predicted molar refractivity (Wildman–Crippen MR) is 112 cm³/mol. The van der Waals surface area contributed by atoms with E-state index in [0.29, 0.717) is 4.99 Å². The summed E-state index contributed by atoms with van der Waals surface area (Å²) in [5.41, 5.74) is 1.56. The lowest BCUT2D eigenvalue weighted by atomic mass is 10.0. The first kappa shape index (κ1) is 16.2. The fourth-order valence-electron chi connectivity index (χ4n) is 3.02. The number of hydrogen-bond acceptors (Lipinski definition) is 2. The molecular weight excluding hydrogens is 340 g/mol. The van der Waals surface area contributed by atoms with Crippen LogP contribution in [0, 0.1) is 0 Å². The van der Waals surface area contributed by atoms with Crippen molar-refractivity contribution in [2.45, 2.75) is 0 Å². The zero-order chi connectivity index (χ0) is 17.9. The number of carbonyl (C=O) groups excluding carboxylic acids is 1. The summed E-state index contributed by atoms with van der Waals surface area (Å²) >= 11 is 5.45. The van der Waals surface area contributed by atoms with Crippen LogP contribution in [-0.4, -0.2) is 11.0 Å². The third-order valence-corrected chi connectivity index (χ3v) is 4.59. The van der Waals surface area contributed by atoms with E-state index in [-0.39, 0.29) is 6.03 Å². The molecule has 0 saturated heterocycles. The van der Waals surface area contributed by atoms with Crippen molar-refractivity contribution in [2.24, 2.45) is 0 Å². The van der Waals surface area contributed by atoms with Crippen LogP contribution in [0.4, 0.5) is 10.5 Å². The highest BCUT2D eigenvalue weighted by atomic mass is 32.1. The molecule has 4 aromatic rings. The molecule has 0 aromatic heterocycles. The molecule has 0 bridgehead atoms. The van der Waals surface area contributed by atoms with Crippen LogP contribution in [0.1, 0.15) is 5.56 Å². The van der Waals surface area contributed by atoms with E-state index in [4.69, 9.17) is 12.2 Å². The first-order valence-electron chi connectivity index (χ1n) is 8.29. The van der Waals surface area contributed by atoms with Gasteiger partial charge in [0.2, 0.25) is 0 Å². The second kappa shape index (κ2) is 6.94. The van der Waals surface area contributed by atoms with Crippen molar-refractivity contribution < 1.29 is 4.79 Å². The van der Waals surface area contributed by atoms with Crippen LogP contribution in [0.15, 0.2) is 84.9 Å². The number of carbonyl (C=O) groups is 1. The quantitative estimate of drug-likeness (QED) is 0.466. The lowest BCUT2D eigenvalue weighted by Gasteiger charge is -2.11. The first-order chi connectivity index (χ1) is 12.7. The van der Waals surface area contributed by atoms with Gasteiger partial charge in [0, 0.05) is 11.3 Å². The van der Waals surface area contributed by atoms with Crippen molar-refractivity contribution in [3.63, 3.8) is 0 Å². The lowest BCUT2D eigenvalue weighted by Crippen LogP contribution is -2.33. The molecule has 0 aliphatic rings. The second-order valence-corrected chi connectivity index (χ2v) is 6.41. The van der Waals surface area contributed by atoms with E-state index in [2.05, 4.69) is 10.6 Å². The van der Waals surface area contributed by atoms with Gasteiger partial charge in [-0.25, -0.2) is 4.79 Å². The third-order valence-electron chi connectivity index (χ3n) is 4.27. The van der Waals surface area contributed by atoms with E-state index in [0.717, 1.165) is 32.8 Å². The number of benzene rings is 4. The van der Waals surface area contributed by atoms with Crippen molar-refractivity contribution >= 4 is 50.5 Å². The molecule has 0 atom stereocenters. The van der Waals surface area contributed by atoms with E-state index < -0.39 is 0 Å². The molecule has 26 heavy (non-hydrogen) atoms. The van der Waals surface area contributed by atoms with Crippen molar-refractivity contribution in [3.8, 4) is 0 Å². The highest BCUT2D eigenvalue weighted by Crippen LogP contribution is 2.20. The van der Waals surface area contributed by atoms with E-state index in [9.17, 15) is 4.79 Å². The van der Waals surface area contributed by atoms with Gasteiger partial charge in [-0.05, 0) is 33.7 Å². The van der Waals surface area contributed by atoms with Crippen LogP contribution in [0.3, 0.4) is 0 Å². The minimum atomic E-state index is -0.349. The van der Waals surface area contributed by atoms with E-state index in [1.54, 1.807) is 0 Å². The molecule has 0 aliphatic heterocycles. The van der Waals surface area contributed by atoms with Crippen LogP contribution in [0.2, 0.25) is 0 Å². The number of rotatable bonds is 2. The molecule has 2 amide bonds. The molecule has 0 radical (unpaired) electrons. The van der Waals surface area contributed by atoms with Crippen LogP contribution in [-0.2, 0) is 0 Å². The Morgan fingerprint density at radius 3 is 2.27 bits per heavy atom. The van der Waals surface area contributed by atoms with Gasteiger partial charge >= 0.3 is 6.03 Å². The van der Waals surface area contributed by atoms with Gasteiger partial charge in [-0.2, -0.15) is 0 Å². The molecule has 3 nitrogen and oxygen atoms in total. The lowest BCUT2D eigenvalue weighted by molar-refractivity contribution is 0.256. The molecule has 0 fully saturated rings. The Balaban J connectivity index is 1.52. The van der Waals surface area contributed by atoms with Crippen molar-refractivity contribution in [1.82, 2.24) is 5.32 Å². The Kier molecular flexibility index (Phi) is 4.33. The number of thiocarbonyl (C=S) groups is 1. The molecule has 0 spiro atoms. The van der Waals surface area contributed by atoms with Gasteiger partial charge in [0.1, 0.15) is 4.99 Å². The summed E-state index contributed by atoms with van der Waals surface area (Å²) in [4.78, 5) is 12.8. The van der Waals surface area contributed by atoms with Gasteiger partial charge in [0.05, 0.1) is 0 Å². The number of anilines is 1. The Hall–Kier alpha value is -3.24. The SMILES string of the molecule is O=C(NC(=S)c1cccc2ccccc12)Nc1ccc2ccccc2c1. The van der Waals surface area contributed by atoms with Crippen LogP contribution in [0.5, 0.6) is 0 Å². The van der Waals surface area contributed by atoms with Gasteiger partial charge in [0.25, 0.3) is 0 Å². The minimum Gasteiger partial charge on any atom is -0.308 e. The maximum absolute atomic E-state index is 12.4. The molecular formula is C22H16N2OS. The summed E-state index contributed by atoms with van der Waals surface area (Å²) < 4.78 is 0. The van der Waals surface area contributed by atoms with Gasteiger partial charge in [-0.15, -0.1) is 0 Å². The maximum Gasteiger partial charge on any atom is 0.324 e. The standard InChI is InChI=1S/C22H16N2OS/c25-22(23-18-13-12-15-6-1-2-8-17(15)14-18)24-21(26)20-11-5-9-16-7-3-4-10-19(16)20/h1-14H,(H2,23,24,25,26). The zero-order valence-corrected chi connectivity index (χ0v) is 14.7. The minimum absolute atomic E-state index is 0.349. The summed E-state index contributed by atoms with van der Waals surface area (Å²) in [5.74, 6) is 0. The van der Waals surface area contributed by atoms with E-state index in [1.807, 2.05) is 84.9 Å². The summed E-state index contributed by atoms with van der Waals surface area (Å²) in [6.45, 7) is 0. The molecule has 0 saturated carbocycles. The molecule has 126 valence electrons. The van der Waals surface area contributed by atoms with Gasteiger partial charge in [-0.1, -0.05) is 85.0 Å². The number of fused-ring (bicyclic) bond motifs is 2. The molecule has 2 N–H and O–H groups in total. The topological polar surface area (TPSA) is 41.1 Å². The molecule has 0 unspecified atom stereocenters. The summed E-state index contributed by atoms with van der Waals surface area (Å²) in [7, 11) is 0. The van der Waals surface area contributed by atoms with Gasteiger partial charge in [-0.3, -0.25) is 5.32 Å². The Morgan fingerprint density at radius 1 is 0.731 bits per heavy atom. The van der Waals surface area contributed by atoms with E-state index in [1.165, 1.54) is 0 Å². The van der Waals surface area contributed by atoms with Crippen molar-refractivity contribution in [2.75, 3.05) is 5.32 Å². The number of nitrogens with one attached hydrogen (secondary N) is 2. The van der Waals surface area contributed by atoms with Gasteiger partial charge in [0.15, 0.2) is 0 Å². The average molecular weight is 356 g/mol. The van der Waals surface area contributed by atoms with Crippen molar-refractivity contribution in [3.05, 3.63) is 90.5 Å². The first-order valence-corrected chi connectivity index (χ1v) is 8.70. The molecule has 0 aliphatic carbocycles. The Labute approximate surface area is 156 Å². The fourth-order valence-corrected chi connectivity index (χ4v) is 3.29. The fraction of sp³-hybridized carbons (Fsp3) is 0.